The number of aromatic nitrogens is 3. The third kappa shape index (κ3) is 2.98. The minimum absolute atomic E-state index is 0.128. The second kappa shape index (κ2) is 6.53. The summed E-state index contributed by atoms with van der Waals surface area (Å²) in [6, 6.07) is 4.15. The molecule has 3 rings (SSSR count). The van der Waals surface area contributed by atoms with Gasteiger partial charge in [-0.05, 0) is 37.1 Å². The molecule has 1 fully saturated rings. The molecule has 2 amide bonds. The fourth-order valence-electron chi connectivity index (χ4n) is 2.80. The quantitative estimate of drug-likeness (QED) is 0.583. The lowest BCUT2D eigenvalue weighted by atomic mass is 10.1. The summed E-state index contributed by atoms with van der Waals surface area (Å²) in [5.41, 5.74) is 0.541. The van der Waals surface area contributed by atoms with Crippen LogP contribution in [0.15, 0.2) is 37.2 Å². The number of amides is 2. The summed E-state index contributed by atoms with van der Waals surface area (Å²) in [4.78, 5) is 30.0. The Bertz CT molecular complexity index is 772. The van der Waals surface area contributed by atoms with E-state index in [-0.39, 0.29) is 29.2 Å². The Morgan fingerprint density at radius 3 is 3.00 bits per heavy atom. The van der Waals surface area contributed by atoms with Crippen LogP contribution in [0.3, 0.4) is 0 Å². The van der Waals surface area contributed by atoms with Gasteiger partial charge in [0.25, 0.3) is 5.91 Å². The van der Waals surface area contributed by atoms with Crippen molar-refractivity contribution < 1.29 is 14.7 Å². The molecule has 8 heteroatoms. The molecule has 124 valence electrons. The predicted molar refractivity (Wildman–Crippen MR) is 86.3 cm³/mol. The Labute approximate surface area is 138 Å². The number of phenols is 1. The second-order valence-electron chi connectivity index (χ2n) is 5.45. The summed E-state index contributed by atoms with van der Waals surface area (Å²) in [5, 5.41) is 19.2. The lowest BCUT2D eigenvalue weighted by Gasteiger charge is -2.23. The van der Waals surface area contributed by atoms with E-state index >= 15 is 0 Å². The van der Waals surface area contributed by atoms with Gasteiger partial charge in [-0.3, -0.25) is 14.7 Å². The summed E-state index contributed by atoms with van der Waals surface area (Å²) in [7, 11) is 0. The molecular formula is C16H17N5O3. The highest BCUT2D eigenvalue weighted by atomic mass is 16.3. The molecule has 1 aromatic carbocycles. The van der Waals surface area contributed by atoms with Crippen LogP contribution in [-0.4, -0.2) is 43.5 Å². The van der Waals surface area contributed by atoms with E-state index < -0.39 is 0 Å². The highest BCUT2D eigenvalue weighted by Gasteiger charge is 2.33. The monoisotopic (exact) mass is 327 g/mol. The molecule has 1 aliphatic rings. The van der Waals surface area contributed by atoms with Crippen molar-refractivity contribution in [2.45, 2.75) is 18.9 Å². The first-order valence-electron chi connectivity index (χ1n) is 7.53. The van der Waals surface area contributed by atoms with E-state index in [1.807, 2.05) is 0 Å². The molecule has 2 aromatic rings. The summed E-state index contributed by atoms with van der Waals surface area (Å²) < 4.78 is 0. The number of H-pyrrole nitrogens is 1. The number of anilines is 1. The molecule has 3 N–H and O–H groups in total. The summed E-state index contributed by atoms with van der Waals surface area (Å²) in [6.45, 7) is 3.94. The Balaban J connectivity index is 1.87. The van der Waals surface area contributed by atoms with Crippen LogP contribution in [0.4, 0.5) is 5.69 Å². The van der Waals surface area contributed by atoms with Crippen LogP contribution in [0.2, 0.25) is 0 Å². The van der Waals surface area contributed by atoms with Gasteiger partial charge in [-0.2, -0.15) is 5.10 Å². The van der Waals surface area contributed by atoms with E-state index in [9.17, 15) is 14.7 Å². The van der Waals surface area contributed by atoms with E-state index in [4.69, 9.17) is 0 Å². The lowest BCUT2D eigenvalue weighted by Crippen LogP contribution is -2.31. The Morgan fingerprint density at radius 1 is 1.46 bits per heavy atom. The zero-order valence-corrected chi connectivity index (χ0v) is 12.9. The van der Waals surface area contributed by atoms with Gasteiger partial charge in [0.05, 0.1) is 11.6 Å². The fraction of sp³-hybridized carbons (Fsp3) is 0.250. The molecule has 0 unspecified atom stereocenters. The number of rotatable bonds is 4. The van der Waals surface area contributed by atoms with E-state index in [1.165, 1.54) is 24.5 Å². The summed E-state index contributed by atoms with van der Waals surface area (Å²) in [6.07, 6.45) is 4.15. The van der Waals surface area contributed by atoms with E-state index in [0.717, 1.165) is 18.9 Å². The van der Waals surface area contributed by atoms with Gasteiger partial charge in [-0.15, -0.1) is 0 Å². The molecule has 2 heterocycles. The van der Waals surface area contributed by atoms with Crippen LogP contribution >= 0.6 is 0 Å². The fourth-order valence-corrected chi connectivity index (χ4v) is 2.80. The Morgan fingerprint density at radius 2 is 2.29 bits per heavy atom. The number of aromatic hydroxyl groups is 1. The first kappa shape index (κ1) is 15.7. The van der Waals surface area contributed by atoms with Gasteiger partial charge >= 0.3 is 0 Å². The zero-order valence-electron chi connectivity index (χ0n) is 12.9. The molecule has 24 heavy (non-hydrogen) atoms. The van der Waals surface area contributed by atoms with Crippen LogP contribution in [-0.2, 0) is 4.79 Å². The second-order valence-corrected chi connectivity index (χ2v) is 5.45. The van der Waals surface area contributed by atoms with Gasteiger partial charge in [0.1, 0.15) is 17.9 Å². The van der Waals surface area contributed by atoms with Crippen LogP contribution in [0.1, 0.15) is 35.1 Å². The molecule has 0 radical (unpaired) electrons. The summed E-state index contributed by atoms with van der Waals surface area (Å²) >= 11 is 0. The number of phenolic OH excluding ortho intramolecular Hbond substituents is 1. The molecule has 0 aliphatic carbocycles. The number of benzene rings is 1. The number of hydrogen-bond donors (Lipinski definition) is 3. The molecule has 1 aliphatic heterocycles. The Hall–Kier alpha value is -3.16. The molecule has 0 saturated carbocycles. The van der Waals surface area contributed by atoms with Crippen molar-refractivity contribution in [2.75, 3.05) is 11.9 Å². The molecule has 8 nitrogen and oxygen atoms in total. The average molecular weight is 327 g/mol. The highest BCUT2D eigenvalue weighted by molar-refractivity contribution is 6.02. The SMILES string of the molecule is C=CC(=O)Nc1ccc(O)c(C(=O)N2CCC[C@@H]2c2ncn[nH]2)c1. The van der Waals surface area contributed by atoms with Crippen LogP contribution in [0, 0.1) is 0 Å². The third-order valence-electron chi connectivity index (χ3n) is 3.94. The zero-order chi connectivity index (χ0) is 17.1. The number of aromatic amines is 1. The number of nitrogens with zero attached hydrogens (tertiary/aromatic N) is 3. The van der Waals surface area contributed by atoms with Crippen molar-refractivity contribution in [3.63, 3.8) is 0 Å². The molecule has 0 bridgehead atoms. The van der Waals surface area contributed by atoms with Crippen molar-refractivity contribution in [1.82, 2.24) is 20.1 Å². The maximum atomic E-state index is 12.9. The number of hydrogen-bond acceptors (Lipinski definition) is 5. The minimum Gasteiger partial charge on any atom is -0.507 e. The molecule has 1 aromatic heterocycles. The standard InChI is InChI=1S/C16H17N5O3/c1-2-14(23)19-10-5-6-13(22)11(8-10)16(24)21-7-3-4-12(21)15-17-9-18-20-15/h2,5-6,8-9,12,22H,1,3-4,7H2,(H,19,23)(H,17,18,20)/t12-/m1/s1. The van der Waals surface area contributed by atoms with Crippen LogP contribution < -0.4 is 5.32 Å². The Kier molecular flexibility index (Phi) is 4.28. The van der Waals surface area contributed by atoms with Crippen molar-refractivity contribution in [3.8, 4) is 5.75 Å². The van der Waals surface area contributed by atoms with Gasteiger partial charge in [0.15, 0.2) is 0 Å². The van der Waals surface area contributed by atoms with Gasteiger partial charge in [0.2, 0.25) is 5.91 Å². The lowest BCUT2D eigenvalue weighted by molar-refractivity contribution is -0.111. The van der Waals surface area contributed by atoms with E-state index in [2.05, 4.69) is 27.1 Å². The largest absolute Gasteiger partial charge is 0.507 e. The molecule has 1 atom stereocenters. The number of nitrogens with one attached hydrogen (secondary N) is 2. The van der Waals surface area contributed by atoms with Gasteiger partial charge in [0, 0.05) is 12.2 Å². The topological polar surface area (TPSA) is 111 Å². The minimum atomic E-state index is -0.389. The van der Waals surface area contributed by atoms with Crippen molar-refractivity contribution in [2.24, 2.45) is 0 Å². The van der Waals surface area contributed by atoms with Crippen LogP contribution in [0.5, 0.6) is 5.75 Å². The average Bonchev–Trinajstić information content (AvgIpc) is 3.26. The molecule has 0 spiro atoms. The first-order valence-corrected chi connectivity index (χ1v) is 7.53. The normalized spacial score (nSPS) is 16.8. The van der Waals surface area contributed by atoms with E-state index in [1.54, 1.807) is 4.90 Å². The van der Waals surface area contributed by atoms with Crippen molar-refractivity contribution >= 4 is 17.5 Å². The maximum absolute atomic E-state index is 12.9. The number of likely N-dealkylation sites (tertiary alicyclic amines) is 1. The number of carbonyl (C=O) groups excluding carboxylic acids is 2. The first-order chi connectivity index (χ1) is 11.6. The highest BCUT2D eigenvalue weighted by Crippen LogP contribution is 2.33. The predicted octanol–water partition coefficient (Wildman–Crippen LogP) is 1.61. The molecule has 1 saturated heterocycles. The maximum Gasteiger partial charge on any atom is 0.258 e. The number of carbonyl (C=O) groups is 2. The third-order valence-corrected chi connectivity index (χ3v) is 3.94. The van der Waals surface area contributed by atoms with Gasteiger partial charge in [-0.25, -0.2) is 4.98 Å². The smallest absolute Gasteiger partial charge is 0.258 e. The van der Waals surface area contributed by atoms with Gasteiger partial charge < -0.3 is 15.3 Å². The molecular weight excluding hydrogens is 310 g/mol. The van der Waals surface area contributed by atoms with E-state index in [0.29, 0.717) is 18.1 Å². The van der Waals surface area contributed by atoms with Gasteiger partial charge in [-0.1, -0.05) is 6.58 Å². The van der Waals surface area contributed by atoms with Crippen molar-refractivity contribution in [3.05, 3.63) is 48.6 Å². The van der Waals surface area contributed by atoms with Crippen molar-refractivity contribution in [1.29, 1.82) is 0 Å². The van der Waals surface area contributed by atoms with Crippen LogP contribution in [0.25, 0.3) is 0 Å². The summed E-state index contributed by atoms with van der Waals surface area (Å²) in [5.74, 6) is -0.225.